The van der Waals surface area contributed by atoms with Gasteiger partial charge in [-0.25, -0.2) is 4.98 Å². The third kappa shape index (κ3) is 4.10. The van der Waals surface area contributed by atoms with Crippen LogP contribution in [0.5, 0.6) is 17.2 Å². The van der Waals surface area contributed by atoms with E-state index < -0.39 is 0 Å². The molecular formula is C24H24N2O4S. The number of fused-ring (bicyclic) bond motifs is 1. The van der Waals surface area contributed by atoms with Gasteiger partial charge in [0.15, 0.2) is 11.5 Å². The van der Waals surface area contributed by atoms with Gasteiger partial charge in [-0.1, -0.05) is 18.9 Å². The quantitative estimate of drug-likeness (QED) is 0.536. The average Bonchev–Trinajstić information content (AvgIpc) is 3.58. The minimum atomic E-state index is -0.0134. The Hall–Kier alpha value is -3.06. The summed E-state index contributed by atoms with van der Waals surface area (Å²) in [6, 6.07) is 13.9. The van der Waals surface area contributed by atoms with E-state index in [1.165, 1.54) is 11.3 Å². The highest BCUT2D eigenvalue weighted by Gasteiger charge is 2.29. The van der Waals surface area contributed by atoms with E-state index in [0.29, 0.717) is 12.2 Å². The van der Waals surface area contributed by atoms with E-state index in [1.54, 1.807) is 7.11 Å². The van der Waals surface area contributed by atoms with Gasteiger partial charge in [-0.05, 0) is 54.8 Å². The number of rotatable bonds is 6. The molecule has 1 saturated carbocycles. The zero-order valence-electron chi connectivity index (χ0n) is 17.4. The van der Waals surface area contributed by atoms with Gasteiger partial charge in [-0.3, -0.25) is 4.79 Å². The van der Waals surface area contributed by atoms with Gasteiger partial charge in [0.05, 0.1) is 7.11 Å². The van der Waals surface area contributed by atoms with Crippen LogP contribution in [-0.2, 0) is 6.54 Å². The largest absolute Gasteiger partial charge is 0.497 e. The van der Waals surface area contributed by atoms with Crippen molar-refractivity contribution >= 4 is 17.2 Å². The number of nitrogens with zero attached hydrogens (tertiary/aromatic N) is 2. The number of carbonyl (C=O) groups excluding carboxylic acids is 1. The Kier molecular flexibility index (Phi) is 5.51. The number of amides is 1. The third-order valence-corrected chi connectivity index (χ3v) is 6.77. The maximum Gasteiger partial charge on any atom is 0.273 e. The molecule has 0 unspecified atom stereocenters. The number of hydrogen-bond acceptors (Lipinski definition) is 6. The van der Waals surface area contributed by atoms with Crippen molar-refractivity contribution in [2.45, 2.75) is 38.3 Å². The van der Waals surface area contributed by atoms with Crippen molar-refractivity contribution in [2.75, 3.05) is 13.9 Å². The van der Waals surface area contributed by atoms with E-state index in [-0.39, 0.29) is 18.7 Å². The molecule has 3 aromatic rings. The van der Waals surface area contributed by atoms with Gasteiger partial charge in [0.1, 0.15) is 16.5 Å². The molecular weight excluding hydrogens is 412 g/mol. The Labute approximate surface area is 185 Å². The Morgan fingerprint density at radius 3 is 2.68 bits per heavy atom. The number of thiazole rings is 1. The molecule has 1 amide bonds. The van der Waals surface area contributed by atoms with Gasteiger partial charge in [-0.15, -0.1) is 11.3 Å². The van der Waals surface area contributed by atoms with Crippen LogP contribution in [0.25, 0.3) is 10.6 Å². The van der Waals surface area contributed by atoms with E-state index >= 15 is 0 Å². The van der Waals surface area contributed by atoms with Gasteiger partial charge < -0.3 is 19.1 Å². The number of ether oxygens (including phenoxy) is 3. The molecule has 1 aliphatic carbocycles. The monoisotopic (exact) mass is 436 g/mol. The number of carbonyl (C=O) groups is 1. The molecule has 0 bridgehead atoms. The molecule has 1 fully saturated rings. The van der Waals surface area contributed by atoms with Crippen LogP contribution in [0.3, 0.4) is 0 Å². The molecule has 2 aliphatic rings. The van der Waals surface area contributed by atoms with Crippen molar-refractivity contribution in [2.24, 2.45) is 0 Å². The summed E-state index contributed by atoms with van der Waals surface area (Å²) >= 11 is 1.49. The van der Waals surface area contributed by atoms with Crippen molar-refractivity contribution in [3.05, 3.63) is 59.1 Å². The second kappa shape index (κ2) is 8.59. The van der Waals surface area contributed by atoms with Gasteiger partial charge in [0, 0.05) is 23.5 Å². The van der Waals surface area contributed by atoms with Crippen LogP contribution in [-0.4, -0.2) is 35.7 Å². The normalized spacial score (nSPS) is 15.3. The zero-order valence-corrected chi connectivity index (χ0v) is 18.2. The van der Waals surface area contributed by atoms with Gasteiger partial charge in [0.25, 0.3) is 5.91 Å². The molecule has 0 saturated heterocycles. The molecule has 1 aliphatic heterocycles. The highest BCUT2D eigenvalue weighted by Crippen LogP contribution is 2.34. The Morgan fingerprint density at radius 1 is 1.13 bits per heavy atom. The molecule has 31 heavy (non-hydrogen) atoms. The second-order valence-electron chi connectivity index (χ2n) is 7.83. The first-order valence-corrected chi connectivity index (χ1v) is 11.4. The van der Waals surface area contributed by atoms with Crippen molar-refractivity contribution < 1.29 is 19.0 Å². The predicted molar refractivity (Wildman–Crippen MR) is 119 cm³/mol. The van der Waals surface area contributed by atoms with E-state index in [4.69, 9.17) is 14.2 Å². The molecule has 0 N–H and O–H groups in total. The minimum absolute atomic E-state index is 0.0134. The van der Waals surface area contributed by atoms with Crippen molar-refractivity contribution in [1.29, 1.82) is 0 Å². The summed E-state index contributed by atoms with van der Waals surface area (Å²) in [6.45, 7) is 0.784. The fraction of sp³-hybridized carbons (Fsp3) is 0.333. The smallest absolute Gasteiger partial charge is 0.273 e. The molecule has 0 radical (unpaired) electrons. The van der Waals surface area contributed by atoms with Crippen LogP contribution in [0.4, 0.5) is 0 Å². The summed E-state index contributed by atoms with van der Waals surface area (Å²) in [5.74, 6) is 2.28. The van der Waals surface area contributed by atoms with Crippen LogP contribution in [0.2, 0.25) is 0 Å². The molecule has 5 rings (SSSR count). The highest BCUT2D eigenvalue weighted by molar-refractivity contribution is 7.13. The fourth-order valence-electron chi connectivity index (χ4n) is 4.20. The first-order valence-electron chi connectivity index (χ1n) is 10.5. The molecule has 0 spiro atoms. The average molecular weight is 437 g/mol. The predicted octanol–water partition coefficient (Wildman–Crippen LogP) is 5.13. The number of aromatic nitrogens is 1. The Balaban J connectivity index is 1.39. The van der Waals surface area contributed by atoms with E-state index in [9.17, 15) is 4.79 Å². The van der Waals surface area contributed by atoms with Crippen molar-refractivity contribution in [1.82, 2.24) is 9.88 Å². The number of hydrogen-bond donors (Lipinski definition) is 0. The summed E-state index contributed by atoms with van der Waals surface area (Å²) in [5, 5.41) is 2.70. The van der Waals surface area contributed by atoms with Crippen LogP contribution in [0.1, 0.15) is 41.7 Å². The van der Waals surface area contributed by atoms with E-state index in [2.05, 4.69) is 4.98 Å². The lowest BCUT2D eigenvalue weighted by Gasteiger charge is -2.28. The topological polar surface area (TPSA) is 60.9 Å². The third-order valence-electron chi connectivity index (χ3n) is 5.88. The van der Waals surface area contributed by atoms with Crippen LogP contribution in [0.15, 0.2) is 47.8 Å². The molecule has 2 heterocycles. The number of methoxy groups -OCH3 is 1. The van der Waals surface area contributed by atoms with Crippen LogP contribution < -0.4 is 14.2 Å². The second-order valence-corrected chi connectivity index (χ2v) is 8.68. The lowest BCUT2D eigenvalue weighted by atomic mass is 10.1. The van der Waals surface area contributed by atoms with Crippen LogP contribution >= 0.6 is 11.3 Å². The SMILES string of the molecule is COc1ccc(-c2nc(C(=O)N(Cc3ccc4c(c3)OCO4)C3CCCC3)cs2)cc1. The van der Waals surface area contributed by atoms with Gasteiger partial charge in [0.2, 0.25) is 6.79 Å². The van der Waals surface area contributed by atoms with E-state index in [1.807, 2.05) is 52.7 Å². The summed E-state index contributed by atoms with van der Waals surface area (Å²) < 4.78 is 16.2. The minimum Gasteiger partial charge on any atom is -0.497 e. The summed E-state index contributed by atoms with van der Waals surface area (Å²) in [5.41, 5.74) is 2.52. The molecule has 1 aromatic heterocycles. The van der Waals surface area contributed by atoms with Crippen molar-refractivity contribution in [3.63, 3.8) is 0 Å². The Bertz CT molecular complexity index is 1070. The first-order chi connectivity index (χ1) is 15.2. The summed E-state index contributed by atoms with van der Waals surface area (Å²) in [7, 11) is 1.65. The highest BCUT2D eigenvalue weighted by atomic mass is 32.1. The number of benzene rings is 2. The summed E-state index contributed by atoms with van der Waals surface area (Å²) in [4.78, 5) is 20.2. The maximum atomic E-state index is 13.5. The van der Waals surface area contributed by atoms with Gasteiger partial charge in [-0.2, -0.15) is 0 Å². The molecule has 160 valence electrons. The van der Waals surface area contributed by atoms with Crippen LogP contribution in [0, 0.1) is 0 Å². The van der Waals surface area contributed by atoms with Gasteiger partial charge >= 0.3 is 0 Å². The molecule has 2 aromatic carbocycles. The summed E-state index contributed by atoms with van der Waals surface area (Å²) in [6.07, 6.45) is 4.38. The molecule has 7 heteroatoms. The molecule has 6 nitrogen and oxygen atoms in total. The maximum absolute atomic E-state index is 13.5. The fourth-order valence-corrected chi connectivity index (χ4v) is 5.00. The van der Waals surface area contributed by atoms with E-state index in [0.717, 1.165) is 59.1 Å². The lowest BCUT2D eigenvalue weighted by Crippen LogP contribution is -2.38. The standard InChI is InChI=1S/C24H24N2O4S/c1-28-19-9-7-17(8-10-19)23-25-20(14-31-23)24(27)26(18-4-2-3-5-18)13-16-6-11-21-22(12-16)30-15-29-21/h6-12,14,18H,2-5,13,15H2,1H3. The lowest BCUT2D eigenvalue weighted by molar-refractivity contribution is 0.0659. The Morgan fingerprint density at radius 2 is 1.90 bits per heavy atom. The molecule has 0 atom stereocenters. The van der Waals surface area contributed by atoms with Crippen molar-refractivity contribution in [3.8, 4) is 27.8 Å². The zero-order chi connectivity index (χ0) is 21.2. The first kappa shape index (κ1) is 19.9.